The van der Waals surface area contributed by atoms with Crippen LogP contribution in [0.1, 0.15) is 22.6 Å². The maximum atomic E-state index is 12.7. The van der Waals surface area contributed by atoms with E-state index in [1.807, 2.05) is 66.7 Å². The molecule has 0 unspecified atom stereocenters. The van der Waals surface area contributed by atoms with Gasteiger partial charge in [0, 0.05) is 30.2 Å². The number of fused-ring (bicyclic) bond motifs is 3. The second-order valence-corrected chi connectivity index (χ2v) is 8.85. The number of rotatable bonds is 8. The SMILES string of the molecule is COc1ccc(-c2cccc(C[C@H](NC(=O)OCC3c4ccccc4-c4ccccc43)C(=O)O)c2)cn1. The summed E-state index contributed by atoms with van der Waals surface area (Å²) in [4.78, 5) is 28.8. The molecular formula is C30H26N2O5. The molecule has 0 bridgehead atoms. The Kier molecular flexibility index (Phi) is 6.85. The Morgan fingerprint density at radius 1 is 0.919 bits per heavy atom. The van der Waals surface area contributed by atoms with Gasteiger partial charge < -0.3 is 19.9 Å². The first-order chi connectivity index (χ1) is 18.0. The Labute approximate surface area is 214 Å². The average molecular weight is 495 g/mol. The molecule has 5 rings (SSSR count). The molecule has 0 radical (unpaired) electrons. The number of carbonyl (C=O) groups is 2. The molecule has 1 amide bonds. The number of hydrogen-bond acceptors (Lipinski definition) is 5. The van der Waals surface area contributed by atoms with Gasteiger partial charge in [-0.25, -0.2) is 14.6 Å². The molecule has 0 saturated carbocycles. The van der Waals surface area contributed by atoms with E-state index >= 15 is 0 Å². The second-order valence-electron chi connectivity index (χ2n) is 8.85. The minimum Gasteiger partial charge on any atom is -0.481 e. The molecule has 7 heteroatoms. The lowest BCUT2D eigenvalue weighted by Crippen LogP contribution is -2.42. The highest BCUT2D eigenvalue weighted by molar-refractivity contribution is 5.81. The highest BCUT2D eigenvalue weighted by atomic mass is 16.5. The van der Waals surface area contributed by atoms with Gasteiger partial charge in [-0.3, -0.25) is 0 Å². The van der Waals surface area contributed by atoms with Gasteiger partial charge in [0.15, 0.2) is 0 Å². The molecule has 1 aliphatic carbocycles. The molecule has 186 valence electrons. The number of alkyl carbamates (subject to hydrolysis) is 1. The number of aromatic nitrogens is 1. The van der Waals surface area contributed by atoms with Gasteiger partial charge in [0.05, 0.1) is 7.11 Å². The van der Waals surface area contributed by atoms with E-state index in [1.54, 1.807) is 19.4 Å². The number of nitrogens with one attached hydrogen (secondary N) is 1. The van der Waals surface area contributed by atoms with Crippen molar-refractivity contribution in [1.82, 2.24) is 10.3 Å². The molecule has 0 spiro atoms. The lowest BCUT2D eigenvalue weighted by molar-refractivity contribution is -0.139. The van der Waals surface area contributed by atoms with Gasteiger partial charge in [-0.1, -0.05) is 72.8 Å². The van der Waals surface area contributed by atoms with Gasteiger partial charge in [0.2, 0.25) is 5.88 Å². The van der Waals surface area contributed by atoms with Crippen molar-refractivity contribution in [3.8, 4) is 28.1 Å². The third-order valence-corrected chi connectivity index (χ3v) is 6.58. The maximum Gasteiger partial charge on any atom is 0.407 e. The standard InChI is InChI=1S/C30H26N2O5/c1-36-28-14-13-21(17-31-28)20-8-6-7-19(15-20)16-27(29(33)34)32-30(35)37-18-26-24-11-4-2-9-22(24)23-10-3-5-12-25(23)26/h2-15,17,26-27H,16,18H2,1H3,(H,32,35)(H,33,34)/t27-/m0/s1. The minimum absolute atomic E-state index is 0.101. The van der Waals surface area contributed by atoms with E-state index in [0.717, 1.165) is 38.9 Å². The molecule has 0 saturated heterocycles. The zero-order valence-corrected chi connectivity index (χ0v) is 20.3. The van der Waals surface area contributed by atoms with Crippen molar-refractivity contribution in [3.63, 3.8) is 0 Å². The number of nitrogens with zero attached hydrogens (tertiary/aromatic N) is 1. The fraction of sp³-hybridized carbons (Fsp3) is 0.167. The molecule has 1 heterocycles. The van der Waals surface area contributed by atoms with Crippen LogP contribution in [-0.2, 0) is 16.0 Å². The van der Waals surface area contributed by atoms with Crippen LogP contribution in [0.4, 0.5) is 4.79 Å². The van der Waals surface area contributed by atoms with Gasteiger partial charge in [-0.2, -0.15) is 0 Å². The number of carboxylic acids is 1. The lowest BCUT2D eigenvalue weighted by atomic mass is 9.98. The molecule has 2 N–H and O–H groups in total. The summed E-state index contributed by atoms with van der Waals surface area (Å²) in [5.74, 6) is -0.723. The Balaban J connectivity index is 1.25. The van der Waals surface area contributed by atoms with E-state index in [1.165, 1.54) is 0 Å². The first-order valence-electron chi connectivity index (χ1n) is 12.0. The fourth-order valence-electron chi connectivity index (χ4n) is 4.77. The number of ether oxygens (including phenoxy) is 2. The first kappa shape index (κ1) is 24.1. The lowest BCUT2D eigenvalue weighted by Gasteiger charge is -2.18. The normalized spacial score (nSPS) is 12.8. The Bertz CT molecular complexity index is 1390. The Hall–Kier alpha value is -4.65. The summed E-state index contributed by atoms with van der Waals surface area (Å²) in [5, 5.41) is 12.3. The molecule has 1 aromatic heterocycles. The summed E-state index contributed by atoms with van der Waals surface area (Å²) in [6, 6.07) is 26.1. The summed E-state index contributed by atoms with van der Waals surface area (Å²) >= 11 is 0. The summed E-state index contributed by atoms with van der Waals surface area (Å²) in [5.41, 5.74) is 6.97. The van der Waals surface area contributed by atoms with Crippen molar-refractivity contribution in [2.24, 2.45) is 0 Å². The molecule has 1 aliphatic rings. The molecule has 37 heavy (non-hydrogen) atoms. The van der Waals surface area contributed by atoms with E-state index in [-0.39, 0.29) is 18.9 Å². The molecule has 4 aromatic rings. The number of benzene rings is 3. The van der Waals surface area contributed by atoms with Crippen LogP contribution in [0.15, 0.2) is 91.1 Å². The van der Waals surface area contributed by atoms with Gasteiger partial charge >= 0.3 is 12.1 Å². The van der Waals surface area contributed by atoms with Crippen LogP contribution < -0.4 is 10.1 Å². The predicted octanol–water partition coefficient (Wildman–Crippen LogP) is 5.29. The van der Waals surface area contributed by atoms with E-state index in [0.29, 0.717) is 5.88 Å². The number of hydrogen-bond donors (Lipinski definition) is 2. The van der Waals surface area contributed by atoms with Crippen molar-refractivity contribution in [1.29, 1.82) is 0 Å². The number of carbonyl (C=O) groups excluding carboxylic acids is 1. The summed E-state index contributed by atoms with van der Waals surface area (Å²) in [7, 11) is 1.55. The number of aliphatic carboxylic acids is 1. The van der Waals surface area contributed by atoms with Crippen LogP contribution in [0.2, 0.25) is 0 Å². The monoisotopic (exact) mass is 494 g/mol. The topological polar surface area (TPSA) is 97.8 Å². The van der Waals surface area contributed by atoms with Gasteiger partial charge in [-0.15, -0.1) is 0 Å². The van der Waals surface area contributed by atoms with E-state index in [4.69, 9.17) is 9.47 Å². The fourth-order valence-corrected chi connectivity index (χ4v) is 4.77. The van der Waals surface area contributed by atoms with Crippen molar-refractivity contribution < 1.29 is 24.2 Å². The van der Waals surface area contributed by atoms with Crippen LogP contribution in [0.5, 0.6) is 5.88 Å². The molecule has 1 atom stereocenters. The highest BCUT2D eigenvalue weighted by Gasteiger charge is 2.29. The minimum atomic E-state index is -1.14. The average Bonchev–Trinajstić information content (AvgIpc) is 3.25. The summed E-state index contributed by atoms with van der Waals surface area (Å²) in [6.45, 7) is 0.117. The van der Waals surface area contributed by atoms with Crippen LogP contribution in [0, 0.1) is 0 Å². The third kappa shape index (κ3) is 5.16. The van der Waals surface area contributed by atoms with Crippen LogP contribution >= 0.6 is 0 Å². The van der Waals surface area contributed by atoms with Crippen molar-refractivity contribution in [3.05, 3.63) is 108 Å². The number of amides is 1. The van der Waals surface area contributed by atoms with Crippen LogP contribution in [0.3, 0.4) is 0 Å². The molecule has 7 nitrogen and oxygen atoms in total. The van der Waals surface area contributed by atoms with E-state index < -0.39 is 18.1 Å². The van der Waals surface area contributed by atoms with Gasteiger partial charge in [0.1, 0.15) is 12.6 Å². The first-order valence-corrected chi connectivity index (χ1v) is 12.0. The van der Waals surface area contributed by atoms with Gasteiger partial charge in [0.25, 0.3) is 0 Å². The number of carboxylic acid groups (broad SMARTS) is 1. The van der Waals surface area contributed by atoms with Crippen molar-refractivity contribution >= 4 is 12.1 Å². The number of pyridine rings is 1. The summed E-state index contributed by atoms with van der Waals surface area (Å²) < 4.78 is 10.6. The summed E-state index contributed by atoms with van der Waals surface area (Å²) in [6.07, 6.45) is 1.04. The van der Waals surface area contributed by atoms with Crippen molar-refractivity contribution in [2.75, 3.05) is 13.7 Å². The van der Waals surface area contributed by atoms with E-state index in [9.17, 15) is 14.7 Å². The molecule has 0 aliphatic heterocycles. The highest BCUT2D eigenvalue weighted by Crippen LogP contribution is 2.44. The number of methoxy groups -OCH3 is 1. The van der Waals surface area contributed by atoms with Crippen molar-refractivity contribution in [2.45, 2.75) is 18.4 Å². The predicted molar refractivity (Wildman–Crippen MR) is 140 cm³/mol. The van der Waals surface area contributed by atoms with Crippen LogP contribution in [-0.4, -0.2) is 41.9 Å². The maximum absolute atomic E-state index is 12.7. The molecular weight excluding hydrogens is 468 g/mol. The molecule has 3 aromatic carbocycles. The smallest absolute Gasteiger partial charge is 0.407 e. The van der Waals surface area contributed by atoms with Crippen LogP contribution in [0.25, 0.3) is 22.3 Å². The third-order valence-electron chi connectivity index (χ3n) is 6.58. The second kappa shape index (κ2) is 10.5. The quantitative estimate of drug-likeness (QED) is 0.345. The zero-order chi connectivity index (χ0) is 25.8. The van der Waals surface area contributed by atoms with Gasteiger partial charge in [-0.05, 0) is 39.4 Å². The molecule has 0 fully saturated rings. The Morgan fingerprint density at radius 3 is 2.24 bits per heavy atom. The van der Waals surface area contributed by atoms with E-state index in [2.05, 4.69) is 22.4 Å². The largest absolute Gasteiger partial charge is 0.481 e. The Morgan fingerprint density at radius 2 is 1.62 bits per heavy atom. The zero-order valence-electron chi connectivity index (χ0n) is 20.3.